The van der Waals surface area contributed by atoms with E-state index in [0.717, 1.165) is 38.0 Å². The molecule has 0 aromatic heterocycles. The van der Waals surface area contributed by atoms with Crippen LogP contribution in [0.15, 0.2) is 127 Å². The summed E-state index contributed by atoms with van der Waals surface area (Å²) < 4.78 is 0. The molecule has 2 heterocycles. The predicted molar refractivity (Wildman–Crippen MR) is 133 cm³/mol. The Labute approximate surface area is 191 Å². The van der Waals surface area contributed by atoms with Crippen molar-refractivity contribution in [3.63, 3.8) is 0 Å². The SMILES string of the molecule is C=C1C=C2CN(Cc3ccccc3)C(c3ccccc3)CN2C=C1CCc1ccccc1. The van der Waals surface area contributed by atoms with E-state index >= 15 is 0 Å². The number of hydrogen-bond donors (Lipinski definition) is 0. The Morgan fingerprint density at radius 1 is 0.750 bits per heavy atom. The topological polar surface area (TPSA) is 6.48 Å². The number of allylic oxidation sites excluding steroid dienone is 3. The normalized spacial score (nSPS) is 18.7. The van der Waals surface area contributed by atoms with E-state index in [9.17, 15) is 0 Å². The molecule has 0 spiro atoms. The first-order valence-electron chi connectivity index (χ1n) is 11.5. The molecule has 0 radical (unpaired) electrons. The van der Waals surface area contributed by atoms with Crippen LogP contribution >= 0.6 is 0 Å². The van der Waals surface area contributed by atoms with E-state index in [1.54, 1.807) is 0 Å². The monoisotopic (exact) mass is 418 g/mol. The van der Waals surface area contributed by atoms with Gasteiger partial charge >= 0.3 is 0 Å². The molecule has 160 valence electrons. The van der Waals surface area contributed by atoms with Crippen LogP contribution in [-0.4, -0.2) is 22.9 Å². The Balaban J connectivity index is 1.38. The van der Waals surface area contributed by atoms with Crippen molar-refractivity contribution < 1.29 is 0 Å². The molecule has 3 aromatic carbocycles. The predicted octanol–water partition coefficient (Wildman–Crippen LogP) is 6.52. The minimum atomic E-state index is 0.353. The molecule has 1 fully saturated rings. The highest BCUT2D eigenvalue weighted by atomic mass is 15.3. The van der Waals surface area contributed by atoms with Crippen LogP contribution in [0.1, 0.15) is 29.2 Å². The van der Waals surface area contributed by atoms with E-state index < -0.39 is 0 Å². The van der Waals surface area contributed by atoms with Crippen molar-refractivity contribution in [1.82, 2.24) is 9.80 Å². The number of nitrogens with zero attached hydrogens (tertiary/aromatic N) is 2. The number of piperazine rings is 1. The highest BCUT2D eigenvalue weighted by Crippen LogP contribution is 2.35. The average Bonchev–Trinajstić information content (AvgIpc) is 2.84. The maximum absolute atomic E-state index is 4.40. The molecule has 0 N–H and O–H groups in total. The van der Waals surface area contributed by atoms with E-state index in [1.165, 1.54) is 28.0 Å². The summed E-state index contributed by atoms with van der Waals surface area (Å²) >= 11 is 0. The van der Waals surface area contributed by atoms with Gasteiger partial charge in [0.1, 0.15) is 0 Å². The summed E-state index contributed by atoms with van der Waals surface area (Å²) in [5, 5.41) is 0. The summed E-state index contributed by atoms with van der Waals surface area (Å²) in [5.74, 6) is 0. The first kappa shape index (κ1) is 20.5. The molecule has 0 saturated carbocycles. The molecule has 32 heavy (non-hydrogen) atoms. The fraction of sp³-hybridized carbons (Fsp3) is 0.200. The van der Waals surface area contributed by atoms with Gasteiger partial charge in [-0.1, -0.05) is 97.6 Å². The van der Waals surface area contributed by atoms with Gasteiger partial charge in [0, 0.05) is 31.5 Å². The van der Waals surface area contributed by atoms with Crippen molar-refractivity contribution in [2.24, 2.45) is 0 Å². The molecular weight excluding hydrogens is 388 g/mol. The van der Waals surface area contributed by atoms with Gasteiger partial charge in [-0.2, -0.15) is 0 Å². The molecule has 2 aliphatic rings. The van der Waals surface area contributed by atoms with E-state index in [4.69, 9.17) is 0 Å². The Bertz CT molecular complexity index is 1110. The van der Waals surface area contributed by atoms with Crippen molar-refractivity contribution in [2.45, 2.75) is 25.4 Å². The summed E-state index contributed by atoms with van der Waals surface area (Å²) in [6.07, 6.45) is 6.73. The second kappa shape index (κ2) is 9.42. The fourth-order valence-electron chi connectivity index (χ4n) is 4.78. The molecule has 1 saturated heterocycles. The lowest BCUT2D eigenvalue weighted by molar-refractivity contribution is 0.125. The quantitative estimate of drug-likeness (QED) is 0.450. The minimum Gasteiger partial charge on any atom is -0.348 e. The van der Waals surface area contributed by atoms with Crippen LogP contribution in [0.3, 0.4) is 0 Å². The molecule has 0 aliphatic carbocycles. The maximum atomic E-state index is 4.40. The van der Waals surface area contributed by atoms with Crippen molar-refractivity contribution in [2.75, 3.05) is 13.1 Å². The van der Waals surface area contributed by atoms with E-state index in [2.05, 4.69) is 120 Å². The highest BCUT2D eigenvalue weighted by Gasteiger charge is 2.32. The standard InChI is InChI=1S/C30H30N2/c1-24-19-29-22-32(20-26-13-7-3-8-14-26)30(27-15-9-4-10-16-27)23-31(29)21-28(24)18-17-25-11-5-2-6-12-25/h2-16,19,21,30H,1,17-18,20,22-23H2. The molecule has 2 aliphatic heterocycles. The first-order valence-corrected chi connectivity index (χ1v) is 11.5. The highest BCUT2D eigenvalue weighted by molar-refractivity contribution is 5.45. The zero-order valence-electron chi connectivity index (χ0n) is 18.5. The molecular formula is C30H30N2. The van der Waals surface area contributed by atoms with Gasteiger partial charge in [-0.3, -0.25) is 4.90 Å². The van der Waals surface area contributed by atoms with E-state index in [-0.39, 0.29) is 0 Å². The van der Waals surface area contributed by atoms with Crippen molar-refractivity contribution in [3.8, 4) is 0 Å². The molecule has 5 rings (SSSR count). The van der Waals surface area contributed by atoms with Crippen LogP contribution < -0.4 is 0 Å². The van der Waals surface area contributed by atoms with Crippen LogP contribution in [-0.2, 0) is 13.0 Å². The van der Waals surface area contributed by atoms with E-state index in [1.807, 2.05) is 0 Å². The molecule has 1 atom stereocenters. The van der Waals surface area contributed by atoms with Gasteiger partial charge in [-0.25, -0.2) is 0 Å². The Morgan fingerprint density at radius 2 is 1.38 bits per heavy atom. The van der Waals surface area contributed by atoms with Gasteiger partial charge < -0.3 is 4.90 Å². The first-order chi connectivity index (χ1) is 15.8. The van der Waals surface area contributed by atoms with Crippen LogP contribution in [0.2, 0.25) is 0 Å². The number of hydrogen-bond acceptors (Lipinski definition) is 2. The third-order valence-electron chi connectivity index (χ3n) is 6.55. The summed E-state index contributed by atoms with van der Waals surface area (Å²) in [4.78, 5) is 5.07. The molecule has 3 aromatic rings. The maximum Gasteiger partial charge on any atom is 0.0534 e. The largest absolute Gasteiger partial charge is 0.348 e. The number of benzene rings is 3. The lowest BCUT2D eigenvalue weighted by atomic mass is 9.93. The third kappa shape index (κ3) is 4.61. The van der Waals surface area contributed by atoms with Gasteiger partial charge in [0.05, 0.1) is 6.04 Å². The van der Waals surface area contributed by atoms with Gasteiger partial charge in [0.2, 0.25) is 0 Å². The van der Waals surface area contributed by atoms with Crippen LogP contribution in [0.5, 0.6) is 0 Å². The lowest BCUT2D eigenvalue weighted by Gasteiger charge is -2.44. The van der Waals surface area contributed by atoms with Crippen molar-refractivity contribution in [3.05, 3.63) is 143 Å². The summed E-state index contributed by atoms with van der Waals surface area (Å²) in [6, 6.07) is 32.8. The smallest absolute Gasteiger partial charge is 0.0534 e. The van der Waals surface area contributed by atoms with E-state index in [0.29, 0.717) is 6.04 Å². The minimum absolute atomic E-state index is 0.353. The molecule has 1 unspecified atom stereocenters. The van der Waals surface area contributed by atoms with Crippen molar-refractivity contribution in [1.29, 1.82) is 0 Å². The Morgan fingerprint density at radius 3 is 2.06 bits per heavy atom. The summed E-state index contributed by atoms with van der Waals surface area (Å²) in [5.41, 5.74) is 7.97. The number of rotatable bonds is 6. The Kier molecular flexibility index (Phi) is 6.04. The lowest BCUT2D eigenvalue weighted by Crippen LogP contribution is -2.45. The van der Waals surface area contributed by atoms with Gasteiger partial charge in [-0.05, 0) is 46.8 Å². The van der Waals surface area contributed by atoms with Gasteiger partial charge in [0.15, 0.2) is 0 Å². The zero-order chi connectivity index (χ0) is 21.8. The van der Waals surface area contributed by atoms with Gasteiger partial charge in [0.25, 0.3) is 0 Å². The van der Waals surface area contributed by atoms with Crippen LogP contribution in [0, 0.1) is 0 Å². The molecule has 2 nitrogen and oxygen atoms in total. The zero-order valence-corrected chi connectivity index (χ0v) is 18.5. The second-order valence-corrected chi connectivity index (χ2v) is 8.77. The molecule has 2 heteroatoms. The third-order valence-corrected chi connectivity index (χ3v) is 6.55. The summed E-state index contributed by atoms with van der Waals surface area (Å²) in [7, 11) is 0. The fourth-order valence-corrected chi connectivity index (χ4v) is 4.78. The van der Waals surface area contributed by atoms with Crippen LogP contribution in [0.25, 0.3) is 0 Å². The van der Waals surface area contributed by atoms with Gasteiger partial charge in [-0.15, -0.1) is 0 Å². The average molecular weight is 419 g/mol. The van der Waals surface area contributed by atoms with Crippen molar-refractivity contribution >= 4 is 0 Å². The number of fused-ring (bicyclic) bond motifs is 1. The second-order valence-electron chi connectivity index (χ2n) is 8.77. The summed E-state index contributed by atoms with van der Waals surface area (Å²) in [6.45, 7) is 7.23. The number of aryl methyl sites for hydroxylation is 1. The molecule has 0 bridgehead atoms. The molecule has 0 amide bonds. The van der Waals surface area contributed by atoms with Crippen LogP contribution in [0.4, 0.5) is 0 Å². The Hall–Kier alpha value is -3.36.